The molecule has 1 N–H and O–H groups in total. The van der Waals surface area contributed by atoms with Crippen LogP contribution in [0.1, 0.15) is 23.7 Å². The number of rotatable bonds is 4. The van der Waals surface area contributed by atoms with Crippen LogP contribution in [0.4, 0.5) is 0 Å². The molecule has 0 saturated carbocycles. The zero-order chi connectivity index (χ0) is 12.4. The summed E-state index contributed by atoms with van der Waals surface area (Å²) in [6.07, 6.45) is 2.50. The van der Waals surface area contributed by atoms with Crippen LogP contribution in [0.15, 0.2) is 24.4 Å². The molecule has 1 aromatic heterocycles. The van der Waals surface area contributed by atoms with Crippen molar-refractivity contribution in [3.05, 3.63) is 35.0 Å². The van der Waals surface area contributed by atoms with Crippen LogP contribution < -0.4 is 0 Å². The van der Waals surface area contributed by atoms with Gasteiger partial charge in [-0.25, -0.2) is 0 Å². The highest BCUT2D eigenvalue weighted by atomic mass is 35.5. The third-order valence-electron chi connectivity index (χ3n) is 2.78. The van der Waals surface area contributed by atoms with Gasteiger partial charge in [0.05, 0.1) is 0 Å². The van der Waals surface area contributed by atoms with Crippen molar-refractivity contribution in [3.63, 3.8) is 0 Å². The van der Waals surface area contributed by atoms with E-state index in [9.17, 15) is 4.79 Å². The van der Waals surface area contributed by atoms with Crippen molar-refractivity contribution in [2.45, 2.75) is 19.9 Å². The Bertz CT molecular complexity index is 560. The number of ketones is 1. The lowest BCUT2D eigenvalue weighted by molar-refractivity contribution is 0.101. The van der Waals surface area contributed by atoms with Crippen LogP contribution in [0, 0.1) is 0 Å². The summed E-state index contributed by atoms with van der Waals surface area (Å²) in [5.74, 6) is 0.0278. The van der Waals surface area contributed by atoms with E-state index < -0.39 is 0 Å². The summed E-state index contributed by atoms with van der Waals surface area (Å²) in [5.41, 5.74) is 1.66. The second-order valence-corrected chi connectivity index (χ2v) is 4.47. The average Bonchev–Trinajstić information content (AvgIpc) is 2.64. The Hall–Kier alpha value is -1.32. The molecule has 1 heterocycles. The van der Waals surface area contributed by atoms with Crippen LogP contribution in [0.5, 0.6) is 0 Å². The first-order valence-corrected chi connectivity index (χ1v) is 5.91. The maximum atomic E-state index is 11.6. The predicted molar refractivity (Wildman–Crippen MR) is 68.7 cm³/mol. The number of aryl methyl sites for hydroxylation is 1. The molecule has 0 bridgehead atoms. The quantitative estimate of drug-likeness (QED) is 0.849. The van der Waals surface area contributed by atoms with Gasteiger partial charge in [0.25, 0.3) is 0 Å². The third kappa shape index (κ3) is 2.35. The first kappa shape index (κ1) is 12.1. The highest BCUT2D eigenvalue weighted by Gasteiger charge is 2.11. The summed E-state index contributed by atoms with van der Waals surface area (Å²) in [6, 6.07) is 5.52. The molecule has 2 rings (SSSR count). The van der Waals surface area contributed by atoms with Crippen molar-refractivity contribution in [1.82, 2.24) is 4.57 Å². The number of aliphatic hydroxyl groups excluding tert-OH is 1. The molecule has 0 saturated heterocycles. The number of aromatic nitrogens is 1. The largest absolute Gasteiger partial charge is 0.396 e. The molecule has 0 fully saturated rings. The molecule has 0 radical (unpaired) electrons. The second-order valence-electron chi connectivity index (χ2n) is 4.03. The molecule has 0 amide bonds. The van der Waals surface area contributed by atoms with Crippen LogP contribution in [0.25, 0.3) is 10.9 Å². The van der Waals surface area contributed by atoms with Gasteiger partial charge in [-0.3, -0.25) is 4.79 Å². The van der Waals surface area contributed by atoms with Crippen LogP contribution in [0.3, 0.4) is 0 Å². The lowest BCUT2D eigenvalue weighted by atomic mass is 10.1. The molecule has 0 aliphatic rings. The average molecular weight is 252 g/mol. The van der Waals surface area contributed by atoms with Crippen LogP contribution in [0.2, 0.25) is 5.02 Å². The number of carbonyl (C=O) groups is 1. The highest BCUT2D eigenvalue weighted by Crippen LogP contribution is 2.25. The summed E-state index contributed by atoms with van der Waals surface area (Å²) in [6.45, 7) is 2.39. The summed E-state index contributed by atoms with van der Waals surface area (Å²) in [5, 5.41) is 10.4. The van der Waals surface area contributed by atoms with Gasteiger partial charge < -0.3 is 9.67 Å². The second kappa shape index (κ2) is 4.90. The number of carbonyl (C=O) groups excluding carboxylic acids is 1. The molecule has 3 nitrogen and oxygen atoms in total. The number of nitrogens with zero attached hydrogens (tertiary/aromatic N) is 1. The van der Waals surface area contributed by atoms with Crippen molar-refractivity contribution in [2.24, 2.45) is 0 Å². The Balaban J connectivity index is 2.58. The fraction of sp³-hybridized carbons (Fsp3) is 0.308. The van der Waals surface area contributed by atoms with E-state index in [-0.39, 0.29) is 12.4 Å². The van der Waals surface area contributed by atoms with Gasteiger partial charge in [-0.05, 0) is 31.5 Å². The molecule has 17 heavy (non-hydrogen) atoms. The van der Waals surface area contributed by atoms with Crippen LogP contribution in [-0.4, -0.2) is 22.1 Å². The van der Waals surface area contributed by atoms with Gasteiger partial charge >= 0.3 is 0 Å². The Morgan fingerprint density at radius 2 is 2.24 bits per heavy atom. The molecular weight excluding hydrogens is 238 g/mol. The number of fused-ring (bicyclic) bond motifs is 1. The molecule has 0 aliphatic carbocycles. The van der Waals surface area contributed by atoms with Gasteiger partial charge in [-0.2, -0.15) is 0 Å². The maximum Gasteiger partial charge on any atom is 0.161 e. The minimum Gasteiger partial charge on any atom is -0.396 e. The predicted octanol–water partition coefficient (Wildman–Crippen LogP) is 2.88. The lowest BCUT2D eigenvalue weighted by Gasteiger charge is -2.03. The van der Waals surface area contributed by atoms with E-state index in [4.69, 9.17) is 16.7 Å². The van der Waals surface area contributed by atoms with Gasteiger partial charge in [0.2, 0.25) is 0 Å². The molecule has 0 unspecified atom stereocenters. The normalized spacial score (nSPS) is 11.0. The topological polar surface area (TPSA) is 42.2 Å². The Morgan fingerprint density at radius 1 is 1.47 bits per heavy atom. The molecule has 2 aromatic rings. The summed E-state index contributed by atoms with van der Waals surface area (Å²) < 4.78 is 1.98. The van der Waals surface area contributed by atoms with E-state index >= 15 is 0 Å². The van der Waals surface area contributed by atoms with E-state index in [1.54, 1.807) is 6.92 Å². The van der Waals surface area contributed by atoms with E-state index in [0.717, 1.165) is 10.9 Å². The number of halogens is 1. The lowest BCUT2D eigenvalue weighted by Crippen LogP contribution is -1.98. The smallest absolute Gasteiger partial charge is 0.161 e. The van der Waals surface area contributed by atoms with Crippen molar-refractivity contribution < 1.29 is 9.90 Å². The van der Waals surface area contributed by atoms with E-state index in [2.05, 4.69) is 0 Å². The molecule has 0 aliphatic heterocycles. The van der Waals surface area contributed by atoms with Crippen molar-refractivity contribution in [1.29, 1.82) is 0 Å². The number of aliphatic hydroxyl groups is 1. The van der Waals surface area contributed by atoms with Crippen LogP contribution >= 0.6 is 11.6 Å². The Kier molecular flexibility index (Phi) is 3.50. The number of hydrogen-bond acceptors (Lipinski definition) is 2. The summed E-state index contributed by atoms with van der Waals surface area (Å²) >= 11 is 5.95. The Morgan fingerprint density at radius 3 is 2.88 bits per heavy atom. The van der Waals surface area contributed by atoms with Gasteiger partial charge in [-0.15, -0.1) is 0 Å². The fourth-order valence-electron chi connectivity index (χ4n) is 1.98. The molecule has 4 heteroatoms. The van der Waals surface area contributed by atoms with E-state index in [0.29, 0.717) is 23.6 Å². The molecule has 1 aromatic carbocycles. The van der Waals surface area contributed by atoms with Crippen molar-refractivity contribution >= 4 is 28.3 Å². The number of Topliss-reactive ketones (excluding diaryl/α,β-unsaturated/α-hetero) is 1. The zero-order valence-electron chi connectivity index (χ0n) is 9.61. The first-order valence-electron chi connectivity index (χ1n) is 5.53. The molecular formula is C13H14ClNO2. The summed E-state index contributed by atoms with van der Waals surface area (Å²) in [4.78, 5) is 11.6. The van der Waals surface area contributed by atoms with Gasteiger partial charge in [0.1, 0.15) is 0 Å². The maximum absolute atomic E-state index is 11.6. The van der Waals surface area contributed by atoms with Crippen molar-refractivity contribution in [3.8, 4) is 0 Å². The Labute approximate surface area is 105 Å². The third-order valence-corrected chi connectivity index (χ3v) is 3.01. The molecule has 0 spiro atoms. The highest BCUT2D eigenvalue weighted by molar-refractivity contribution is 6.31. The zero-order valence-corrected chi connectivity index (χ0v) is 10.4. The summed E-state index contributed by atoms with van der Waals surface area (Å²) in [7, 11) is 0. The van der Waals surface area contributed by atoms with Crippen molar-refractivity contribution in [2.75, 3.05) is 6.61 Å². The molecule has 90 valence electrons. The number of hydrogen-bond donors (Lipinski definition) is 1. The van der Waals surface area contributed by atoms with Gasteiger partial charge in [-0.1, -0.05) is 11.6 Å². The number of benzene rings is 1. The standard InChI is InChI=1S/C13H14ClNO2/c1-9(17)12-8-15(5-2-6-16)13-4-3-10(14)7-11(12)13/h3-4,7-8,16H,2,5-6H2,1H3. The molecule has 0 atom stereocenters. The monoisotopic (exact) mass is 251 g/mol. The van der Waals surface area contributed by atoms with Gasteiger partial charge in [0, 0.05) is 40.8 Å². The minimum absolute atomic E-state index is 0.0278. The SMILES string of the molecule is CC(=O)c1cn(CCCO)c2ccc(Cl)cc12. The van der Waals surface area contributed by atoms with Gasteiger partial charge in [0.15, 0.2) is 5.78 Å². The first-order chi connectivity index (χ1) is 8.13. The van der Waals surface area contributed by atoms with E-state index in [1.807, 2.05) is 29.0 Å². The minimum atomic E-state index is 0.0278. The fourth-order valence-corrected chi connectivity index (χ4v) is 2.15. The van der Waals surface area contributed by atoms with Crippen LogP contribution in [-0.2, 0) is 6.54 Å². The van der Waals surface area contributed by atoms with E-state index in [1.165, 1.54) is 0 Å².